The number of aromatic nitrogens is 2. The van der Waals surface area contributed by atoms with Crippen molar-refractivity contribution in [3.05, 3.63) is 48.3 Å². The van der Waals surface area contributed by atoms with E-state index in [9.17, 15) is 0 Å². The lowest BCUT2D eigenvalue weighted by Gasteiger charge is -2.03. The number of pyridine rings is 2. The lowest BCUT2D eigenvalue weighted by atomic mass is 10.1. The van der Waals surface area contributed by atoms with Crippen LogP contribution in [0.5, 0.6) is 0 Å². The number of fused-ring (bicyclic) bond motifs is 3. The Morgan fingerprint density at radius 2 is 1.88 bits per heavy atom. The molecule has 3 heteroatoms. The van der Waals surface area contributed by atoms with Crippen LogP contribution in [0.3, 0.4) is 0 Å². The SMILES string of the molecule is NCc1ccc2c(c1)ncc1ncccc12. The molecule has 0 radical (unpaired) electrons. The van der Waals surface area contributed by atoms with Crippen LogP contribution in [0.1, 0.15) is 5.56 Å². The fourth-order valence-corrected chi connectivity index (χ4v) is 1.92. The summed E-state index contributed by atoms with van der Waals surface area (Å²) < 4.78 is 0. The van der Waals surface area contributed by atoms with Gasteiger partial charge in [0.1, 0.15) is 0 Å². The maximum Gasteiger partial charge on any atom is 0.0891 e. The van der Waals surface area contributed by atoms with Crippen LogP contribution < -0.4 is 5.73 Å². The van der Waals surface area contributed by atoms with Crippen LogP contribution in [0, 0.1) is 0 Å². The molecule has 0 aliphatic heterocycles. The van der Waals surface area contributed by atoms with Crippen molar-refractivity contribution in [2.45, 2.75) is 6.54 Å². The molecule has 3 aromatic rings. The van der Waals surface area contributed by atoms with Gasteiger partial charge in [-0.15, -0.1) is 0 Å². The highest BCUT2D eigenvalue weighted by molar-refractivity contribution is 6.03. The molecule has 2 N–H and O–H groups in total. The average molecular weight is 209 g/mol. The molecular weight excluding hydrogens is 198 g/mol. The van der Waals surface area contributed by atoms with Crippen LogP contribution in [0.15, 0.2) is 42.7 Å². The minimum atomic E-state index is 0.544. The van der Waals surface area contributed by atoms with Gasteiger partial charge in [0.25, 0.3) is 0 Å². The lowest BCUT2D eigenvalue weighted by molar-refractivity contribution is 1.07. The second-order valence-electron chi connectivity index (χ2n) is 3.75. The first kappa shape index (κ1) is 9.24. The Kier molecular flexibility index (Phi) is 2.04. The van der Waals surface area contributed by atoms with Gasteiger partial charge in [0.15, 0.2) is 0 Å². The van der Waals surface area contributed by atoms with Gasteiger partial charge in [-0.25, -0.2) is 0 Å². The molecule has 0 atom stereocenters. The third kappa shape index (κ3) is 1.33. The van der Waals surface area contributed by atoms with Crippen LogP contribution in [0.4, 0.5) is 0 Å². The second kappa shape index (κ2) is 3.54. The Hall–Kier alpha value is -2.00. The quantitative estimate of drug-likeness (QED) is 0.625. The van der Waals surface area contributed by atoms with Gasteiger partial charge in [0.2, 0.25) is 0 Å². The van der Waals surface area contributed by atoms with Crippen molar-refractivity contribution < 1.29 is 0 Å². The molecule has 0 unspecified atom stereocenters. The summed E-state index contributed by atoms with van der Waals surface area (Å²) in [5.41, 5.74) is 8.62. The zero-order valence-electron chi connectivity index (χ0n) is 8.72. The number of hydrogen-bond acceptors (Lipinski definition) is 3. The third-order valence-corrected chi connectivity index (χ3v) is 2.75. The molecule has 0 fully saturated rings. The van der Waals surface area contributed by atoms with Crippen molar-refractivity contribution >= 4 is 21.8 Å². The molecule has 1 aromatic carbocycles. The molecule has 78 valence electrons. The Balaban J connectivity index is 2.43. The first-order chi connectivity index (χ1) is 7.88. The summed E-state index contributed by atoms with van der Waals surface area (Å²) in [5, 5.41) is 2.26. The Morgan fingerprint density at radius 1 is 1.00 bits per heavy atom. The van der Waals surface area contributed by atoms with Crippen LogP contribution >= 0.6 is 0 Å². The van der Waals surface area contributed by atoms with E-state index in [-0.39, 0.29) is 0 Å². The number of benzene rings is 1. The molecule has 0 aliphatic carbocycles. The van der Waals surface area contributed by atoms with Crippen molar-refractivity contribution in [3.8, 4) is 0 Å². The highest BCUT2D eigenvalue weighted by Gasteiger charge is 2.02. The maximum atomic E-state index is 5.61. The van der Waals surface area contributed by atoms with Crippen molar-refractivity contribution in [2.24, 2.45) is 5.73 Å². The fraction of sp³-hybridized carbons (Fsp3) is 0.0769. The van der Waals surface area contributed by atoms with E-state index in [2.05, 4.69) is 22.1 Å². The van der Waals surface area contributed by atoms with Crippen LogP contribution in [-0.4, -0.2) is 9.97 Å². The van der Waals surface area contributed by atoms with E-state index in [1.165, 1.54) is 0 Å². The van der Waals surface area contributed by atoms with Gasteiger partial charge in [-0.05, 0) is 17.7 Å². The normalized spacial score (nSPS) is 11.1. The molecule has 16 heavy (non-hydrogen) atoms. The first-order valence-electron chi connectivity index (χ1n) is 5.21. The molecule has 2 heterocycles. The zero-order valence-corrected chi connectivity index (χ0v) is 8.72. The van der Waals surface area contributed by atoms with Gasteiger partial charge >= 0.3 is 0 Å². The van der Waals surface area contributed by atoms with Crippen molar-refractivity contribution in [3.63, 3.8) is 0 Å². The second-order valence-corrected chi connectivity index (χ2v) is 3.75. The van der Waals surface area contributed by atoms with E-state index in [4.69, 9.17) is 5.73 Å². The van der Waals surface area contributed by atoms with E-state index < -0.39 is 0 Å². The average Bonchev–Trinajstić information content (AvgIpc) is 2.38. The van der Waals surface area contributed by atoms with Crippen LogP contribution in [0.25, 0.3) is 21.8 Å². The summed E-state index contributed by atoms with van der Waals surface area (Å²) in [6.07, 6.45) is 3.59. The summed E-state index contributed by atoms with van der Waals surface area (Å²) in [5.74, 6) is 0. The predicted octanol–water partition coefficient (Wildman–Crippen LogP) is 2.24. The van der Waals surface area contributed by atoms with Gasteiger partial charge < -0.3 is 5.73 Å². The van der Waals surface area contributed by atoms with Gasteiger partial charge in [-0.2, -0.15) is 0 Å². The van der Waals surface area contributed by atoms with E-state index in [0.29, 0.717) is 6.54 Å². The van der Waals surface area contributed by atoms with Gasteiger partial charge in [-0.1, -0.05) is 18.2 Å². The highest BCUT2D eigenvalue weighted by Crippen LogP contribution is 2.22. The van der Waals surface area contributed by atoms with Crippen LogP contribution in [-0.2, 0) is 6.54 Å². The molecule has 2 aromatic heterocycles. The minimum absolute atomic E-state index is 0.544. The summed E-state index contributed by atoms with van der Waals surface area (Å²) in [4.78, 5) is 8.69. The standard InChI is InChI=1S/C13H11N3/c14-7-9-3-4-11-10-2-1-5-15-13(10)8-16-12(11)6-9/h1-6,8H,7,14H2. The summed E-state index contributed by atoms with van der Waals surface area (Å²) >= 11 is 0. The minimum Gasteiger partial charge on any atom is -0.326 e. The van der Waals surface area contributed by atoms with E-state index in [1.807, 2.05) is 18.2 Å². The smallest absolute Gasteiger partial charge is 0.0891 e. The summed E-state index contributed by atoms with van der Waals surface area (Å²) in [6, 6.07) is 10.1. The predicted molar refractivity (Wildman–Crippen MR) is 64.9 cm³/mol. The van der Waals surface area contributed by atoms with Gasteiger partial charge in [-0.3, -0.25) is 9.97 Å². The Bertz CT molecular complexity index is 661. The van der Waals surface area contributed by atoms with Crippen molar-refractivity contribution in [2.75, 3.05) is 0 Å². The van der Waals surface area contributed by atoms with Crippen LogP contribution in [0.2, 0.25) is 0 Å². The molecule has 0 saturated carbocycles. The molecule has 0 aliphatic rings. The molecule has 0 bridgehead atoms. The maximum absolute atomic E-state index is 5.61. The monoisotopic (exact) mass is 209 g/mol. The molecule has 0 spiro atoms. The molecule has 0 amide bonds. The summed E-state index contributed by atoms with van der Waals surface area (Å²) in [6.45, 7) is 0.544. The van der Waals surface area contributed by atoms with Gasteiger partial charge in [0.05, 0.1) is 17.2 Å². The topological polar surface area (TPSA) is 51.8 Å². The highest BCUT2D eigenvalue weighted by atomic mass is 14.7. The van der Waals surface area contributed by atoms with E-state index >= 15 is 0 Å². The number of nitrogens with two attached hydrogens (primary N) is 1. The Labute approximate surface area is 92.9 Å². The van der Waals surface area contributed by atoms with Crippen molar-refractivity contribution in [1.29, 1.82) is 0 Å². The van der Waals surface area contributed by atoms with E-state index in [1.54, 1.807) is 12.4 Å². The number of nitrogens with zero attached hydrogens (tertiary/aromatic N) is 2. The molecular formula is C13H11N3. The number of hydrogen-bond donors (Lipinski definition) is 1. The number of rotatable bonds is 1. The third-order valence-electron chi connectivity index (χ3n) is 2.75. The van der Waals surface area contributed by atoms with Crippen molar-refractivity contribution in [1.82, 2.24) is 9.97 Å². The first-order valence-corrected chi connectivity index (χ1v) is 5.21. The molecule has 3 rings (SSSR count). The summed E-state index contributed by atoms with van der Waals surface area (Å²) in [7, 11) is 0. The van der Waals surface area contributed by atoms with Gasteiger partial charge in [0, 0.05) is 23.5 Å². The lowest BCUT2D eigenvalue weighted by Crippen LogP contribution is -1.96. The largest absolute Gasteiger partial charge is 0.326 e. The Morgan fingerprint density at radius 3 is 2.75 bits per heavy atom. The fourth-order valence-electron chi connectivity index (χ4n) is 1.92. The van der Waals surface area contributed by atoms with E-state index in [0.717, 1.165) is 27.4 Å². The zero-order chi connectivity index (χ0) is 11.0. The molecule has 3 nitrogen and oxygen atoms in total. The molecule has 0 saturated heterocycles.